The molecule has 0 bridgehead atoms. The third-order valence-corrected chi connectivity index (χ3v) is 0.957. The number of carbonyl (C=O) groups excluding carboxylic acids is 1. The summed E-state index contributed by atoms with van der Waals surface area (Å²) in [4.78, 5) is 8.33. The first-order valence-corrected chi connectivity index (χ1v) is 3.53. The quantitative estimate of drug-likeness (QED) is 0.354. The molecule has 0 aliphatic rings. The summed E-state index contributed by atoms with van der Waals surface area (Å²) in [5, 5.41) is 16.7. The number of carbonyl (C=O) groups is 1. The first kappa shape index (κ1) is 24.0. The van der Waals surface area contributed by atoms with Crippen molar-refractivity contribution in [3.63, 3.8) is 0 Å². The van der Waals surface area contributed by atoms with Crippen LogP contribution in [0.2, 0.25) is 0 Å². The molecule has 0 fully saturated rings. The summed E-state index contributed by atoms with van der Waals surface area (Å²) in [7, 11) is 0. The van der Waals surface area contributed by atoms with Gasteiger partial charge in [-0.15, -0.1) is 0 Å². The summed E-state index contributed by atoms with van der Waals surface area (Å²) in [5.74, 6) is 0. The van der Waals surface area contributed by atoms with Crippen molar-refractivity contribution < 1.29 is 118 Å². The summed E-state index contributed by atoms with van der Waals surface area (Å²) < 4.78 is 0. The minimum atomic E-state index is -2.33. The van der Waals surface area contributed by atoms with Crippen LogP contribution in [0.3, 0.4) is 0 Å². The molecule has 0 rings (SSSR count). The van der Waals surface area contributed by atoms with Crippen LogP contribution in [0.15, 0.2) is 0 Å². The smallest absolute Gasteiger partial charge is 0.652 e. The molecule has 0 saturated heterocycles. The van der Waals surface area contributed by atoms with Crippen molar-refractivity contribution in [2.24, 2.45) is 0 Å². The molecular formula is C7H14K2O3. The van der Waals surface area contributed by atoms with Crippen molar-refractivity contribution in [3.8, 4) is 0 Å². The summed E-state index contributed by atoms with van der Waals surface area (Å²) in [6.45, 7) is 4.46. The van der Waals surface area contributed by atoms with Gasteiger partial charge in [-0.05, 0) is 6.16 Å². The van der Waals surface area contributed by atoms with E-state index in [2.05, 4.69) is 13.8 Å². The van der Waals surface area contributed by atoms with Gasteiger partial charge in [-0.25, -0.2) is 0 Å². The third-order valence-electron chi connectivity index (χ3n) is 0.957. The molecule has 0 amide bonds. The second kappa shape index (κ2) is 23.4. The van der Waals surface area contributed by atoms with Gasteiger partial charge >= 0.3 is 103 Å². The summed E-state index contributed by atoms with van der Waals surface area (Å²) >= 11 is 0. The van der Waals surface area contributed by atoms with Crippen LogP contribution in [0.1, 0.15) is 39.5 Å². The molecule has 0 aliphatic heterocycles. The zero-order chi connectivity index (χ0) is 8.41. The molecule has 0 radical (unpaired) electrons. The molecule has 0 aromatic carbocycles. The predicted octanol–water partition coefficient (Wildman–Crippen LogP) is -5.85. The Labute approximate surface area is 160 Å². The standard InChI is InChI=1S/C6H14.CH2O3.2K/c1-3-5-6-4-2;2-1(3)4;;/h3-6H2,1-2H3;(H2,2,3,4);;/q;;2*+1/p-2. The van der Waals surface area contributed by atoms with Gasteiger partial charge in [0.15, 0.2) is 0 Å². The average molecular weight is 224 g/mol. The van der Waals surface area contributed by atoms with E-state index < -0.39 is 6.16 Å². The molecule has 0 aromatic rings. The van der Waals surface area contributed by atoms with E-state index in [1.807, 2.05) is 0 Å². The molecule has 0 atom stereocenters. The maximum Gasteiger partial charge on any atom is 1.00 e. The Morgan fingerprint density at radius 1 is 1.00 bits per heavy atom. The van der Waals surface area contributed by atoms with E-state index in [0.717, 1.165) is 0 Å². The van der Waals surface area contributed by atoms with Crippen molar-refractivity contribution in [3.05, 3.63) is 0 Å². The van der Waals surface area contributed by atoms with Gasteiger partial charge in [0.1, 0.15) is 0 Å². The Kier molecular flexibility index (Phi) is 46.8. The fourth-order valence-corrected chi connectivity index (χ4v) is 0.500. The van der Waals surface area contributed by atoms with E-state index in [9.17, 15) is 0 Å². The molecule has 5 heteroatoms. The Morgan fingerprint density at radius 3 is 1.25 bits per heavy atom. The minimum absolute atomic E-state index is 0. The number of unbranched alkanes of at least 4 members (excludes halogenated alkanes) is 3. The van der Waals surface area contributed by atoms with Crippen molar-refractivity contribution in [2.45, 2.75) is 39.5 Å². The largest absolute Gasteiger partial charge is 1.00 e. The van der Waals surface area contributed by atoms with E-state index in [0.29, 0.717) is 0 Å². The maximum atomic E-state index is 8.33. The van der Waals surface area contributed by atoms with Crippen molar-refractivity contribution in [2.75, 3.05) is 0 Å². The second-order valence-corrected chi connectivity index (χ2v) is 1.96. The Morgan fingerprint density at radius 2 is 1.17 bits per heavy atom. The van der Waals surface area contributed by atoms with Crippen LogP contribution in [-0.4, -0.2) is 6.16 Å². The summed E-state index contributed by atoms with van der Waals surface area (Å²) in [6.07, 6.45) is 3.20. The normalized spacial score (nSPS) is 6.50. The molecule has 0 aliphatic carbocycles. The van der Waals surface area contributed by atoms with Crippen LogP contribution in [0, 0.1) is 0 Å². The van der Waals surface area contributed by atoms with E-state index in [4.69, 9.17) is 15.0 Å². The van der Waals surface area contributed by atoms with Crippen LogP contribution in [0.25, 0.3) is 0 Å². The first-order valence-electron chi connectivity index (χ1n) is 3.53. The number of hydrogen-bond acceptors (Lipinski definition) is 3. The number of rotatable bonds is 3. The molecule has 62 valence electrons. The molecule has 0 unspecified atom stereocenters. The maximum absolute atomic E-state index is 8.33. The van der Waals surface area contributed by atoms with Gasteiger partial charge in [0.25, 0.3) is 0 Å². The Balaban J connectivity index is -0.0000000483. The monoisotopic (exact) mass is 224 g/mol. The average Bonchev–Trinajstić information content (AvgIpc) is 1.82. The first-order chi connectivity index (χ1) is 4.65. The molecule has 0 aromatic heterocycles. The third kappa shape index (κ3) is 54.4. The fourth-order valence-electron chi connectivity index (χ4n) is 0.500. The van der Waals surface area contributed by atoms with Gasteiger partial charge in [0, 0.05) is 0 Å². The van der Waals surface area contributed by atoms with Crippen molar-refractivity contribution in [1.29, 1.82) is 0 Å². The Bertz CT molecular complexity index is 71.1. The summed E-state index contributed by atoms with van der Waals surface area (Å²) in [6, 6.07) is 0. The van der Waals surface area contributed by atoms with E-state index >= 15 is 0 Å². The van der Waals surface area contributed by atoms with Gasteiger partial charge in [-0.2, -0.15) is 0 Å². The molecule has 0 heterocycles. The SMILES string of the molecule is CCCCCC.O=C([O-])[O-].[K+].[K+]. The van der Waals surface area contributed by atoms with E-state index in [1.54, 1.807) is 0 Å². The van der Waals surface area contributed by atoms with Gasteiger partial charge < -0.3 is 15.0 Å². The van der Waals surface area contributed by atoms with Gasteiger partial charge in [-0.3, -0.25) is 0 Å². The van der Waals surface area contributed by atoms with Crippen molar-refractivity contribution in [1.82, 2.24) is 0 Å². The predicted molar refractivity (Wildman–Crippen MR) is 35.2 cm³/mol. The molecule has 0 saturated carbocycles. The summed E-state index contributed by atoms with van der Waals surface area (Å²) in [5.41, 5.74) is 0. The van der Waals surface area contributed by atoms with Crippen LogP contribution in [0.5, 0.6) is 0 Å². The van der Waals surface area contributed by atoms with Crippen LogP contribution in [0.4, 0.5) is 4.79 Å². The van der Waals surface area contributed by atoms with Crippen LogP contribution >= 0.6 is 0 Å². The zero-order valence-electron chi connectivity index (χ0n) is 8.55. The number of hydrogen-bond donors (Lipinski definition) is 0. The number of carboxylic acid groups (broad SMARTS) is 2. The molecule has 0 spiro atoms. The molecule has 0 N–H and O–H groups in total. The minimum Gasteiger partial charge on any atom is -0.652 e. The van der Waals surface area contributed by atoms with Crippen LogP contribution < -0.4 is 113 Å². The topological polar surface area (TPSA) is 63.2 Å². The molecule has 12 heavy (non-hydrogen) atoms. The van der Waals surface area contributed by atoms with E-state index in [-0.39, 0.29) is 103 Å². The van der Waals surface area contributed by atoms with Gasteiger partial charge in [0.05, 0.1) is 0 Å². The Hall–Kier alpha value is 2.54. The van der Waals surface area contributed by atoms with Crippen LogP contribution in [-0.2, 0) is 0 Å². The van der Waals surface area contributed by atoms with E-state index in [1.165, 1.54) is 25.7 Å². The zero-order valence-corrected chi connectivity index (χ0v) is 14.8. The fraction of sp³-hybridized carbons (Fsp3) is 0.857. The molecular weight excluding hydrogens is 210 g/mol. The van der Waals surface area contributed by atoms with Gasteiger partial charge in [-0.1, -0.05) is 39.5 Å². The second-order valence-electron chi connectivity index (χ2n) is 1.96. The van der Waals surface area contributed by atoms with Crippen molar-refractivity contribution >= 4 is 6.16 Å². The van der Waals surface area contributed by atoms with Gasteiger partial charge in [0.2, 0.25) is 0 Å². The molecule has 3 nitrogen and oxygen atoms in total.